The molecule has 1 saturated carbocycles. The van der Waals surface area contributed by atoms with Gasteiger partial charge in [0, 0.05) is 17.3 Å². The van der Waals surface area contributed by atoms with Gasteiger partial charge in [-0.3, -0.25) is 9.98 Å². The summed E-state index contributed by atoms with van der Waals surface area (Å²) in [6.45, 7) is 17.0. The lowest BCUT2D eigenvalue weighted by molar-refractivity contribution is 0.141. The predicted octanol–water partition coefficient (Wildman–Crippen LogP) is 6.22. The first kappa shape index (κ1) is 24.9. The predicted molar refractivity (Wildman–Crippen MR) is 153 cm³/mol. The number of aliphatic imine (C=N–C) groups is 2. The number of rotatable bonds is 0. The average molecular weight is 481 g/mol. The van der Waals surface area contributed by atoms with Crippen LogP contribution in [0.5, 0.6) is 0 Å². The van der Waals surface area contributed by atoms with Crippen LogP contribution in [0.1, 0.15) is 61.8 Å². The maximum atomic E-state index is 7.71. The molecule has 5 rings (SSSR count). The summed E-state index contributed by atoms with van der Waals surface area (Å²) in [4.78, 5) is 10.5. The molecule has 4 unspecified atom stereocenters. The SMILES string of the molecule is C/C=C1/C=C2C[C@H](C)C(C)=NC2=C2C3C4N=C(C)C(C)=CC4=CC(=C/C)/C(=C\C)C3(N)C2(N)/C1=C/C. The molecule has 5 aliphatic rings. The Morgan fingerprint density at radius 3 is 2.14 bits per heavy atom. The minimum atomic E-state index is -0.898. The minimum Gasteiger partial charge on any atom is -0.319 e. The molecule has 3 aliphatic carbocycles. The van der Waals surface area contributed by atoms with Gasteiger partial charge in [0.2, 0.25) is 0 Å². The molecule has 4 N–H and O–H groups in total. The van der Waals surface area contributed by atoms with E-state index in [9.17, 15) is 0 Å². The van der Waals surface area contributed by atoms with E-state index in [0.717, 1.165) is 51.4 Å². The molecule has 1 fully saturated rings. The Bertz CT molecular complexity index is 1370. The summed E-state index contributed by atoms with van der Waals surface area (Å²) in [6, 6.07) is -0.105. The van der Waals surface area contributed by atoms with Crippen LogP contribution in [0, 0.1) is 11.8 Å². The Kier molecular flexibility index (Phi) is 5.77. The standard InChI is InChI=1S/C32H40N4/c1-9-21-15-23-13-17(5)19(7)35-29(23)27-28-30-24(14-18(6)20(8)36-30)16-22(10-2)26(12-4)32(28,34)31(27,33)25(21)11-3/h9-13,15-16,18,27,29H,14,33-34H2,1-8H3/b21-9-,22-10-,25-11+,26-12+/t18-,27?,29?,31?,32?/m0/s1. The third-order valence-electron chi connectivity index (χ3n) is 9.25. The Hall–Kier alpha value is -2.82. The second-order valence-electron chi connectivity index (χ2n) is 11.0. The van der Waals surface area contributed by atoms with E-state index in [-0.39, 0.29) is 12.0 Å². The van der Waals surface area contributed by atoms with Crippen molar-refractivity contribution in [2.24, 2.45) is 33.3 Å². The van der Waals surface area contributed by atoms with Gasteiger partial charge >= 0.3 is 0 Å². The Balaban J connectivity index is 1.93. The van der Waals surface area contributed by atoms with Crippen molar-refractivity contribution in [1.82, 2.24) is 0 Å². The highest BCUT2D eigenvalue weighted by atomic mass is 15.1. The molecule has 4 nitrogen and oxygen atoms in total. The fourth-order valence-corrected chi connectivity index (χ4v) is 7.13. The number of fused-ring (bicyclic) bond motifs is 7. The van der Waals surface area contributed by atoms with Gasteiger partial charge in [0.15, 0.2) is 0 Å². The van der Waals surface area contributed by atoms with E-state index < -0.39 is 11.1 Å². The molecule has 188 valence electrons. The highest BCUT2D eigenvalue weighted by Crippen LogP contribution is 2.65. The Morgan fingerprint density at radius 1 is 0.889 bits per heavy atom. The minimum absolute atomic E-state index is 0.0915. The molecule has 0 radical (unpaired) electrons. The molecule has 2 heterocycles. The van der Waals surface area contributed by atoms with Gasteiger partial charge in [-0.05, 0) is 118 Å². The fraction of sp³-hybridized carbons (Fsp3) is 0.438. The monoisotopic (exact) mass is 480 g/mol. The molecule has 4 heteroatoms. The first-order chi connectivity index (χ1) is 17.1. The van der Waals surface area contributed by atoms with Crippen LogP contribution in [0.4, 0.5) is 0 Å². The van der Waals surface area contributed by atoms with Gasteiger partial charge in [-0.25, -0.2) is 0 Å². The number of hydrogen-bond donors (Lipinski definition) is 2. The highest BCUT2D eigenvalue weighted by Gasteiger charge is 2.72. The smallest absolute Gasteiger partial charge is 0.0888 e. The molecule has 5 atom stereocenters. The van der Waals surface area contributed by atoms with Crippen molar-refractivity contribution < 1.29 is 0 Å². The zero-order valence-corrected chi connectivity index (χ0v) is 23.0. The number of dihydropyridines is 1. The van der Waals surface area contributed by atoms with Crippen LogP contribution in [-0.2, 0) is 0 Å². The lowest BCUT2D eigenvalue weighted by Gasteiger charge is -2.65. The lowest BCUT2D eigenvalue weighted by atomic mass is 9.43. The second kappa shape index (κ2) is 8.36. The van der Waals surface area contributed by atoms with Gasteiger partial charge in [-0.1, -0.05) is 37.3 Å². The van der Waals surface area contributed by atoms with Crippen molar-refractivity contribution in [3.8, 4) is 0 Å². The van der Waals surface area contributed by atoms with Crippen molar-refractivity contribution in [3.63, 3.8) is 0 Å². The third-order valence-corrected chi connectivity index (χ3v) is 9.25. The van der Waals surface area contributed by atoms with Crippen LogP contribution in [-0.4, -0.2) is 28.5 Å². The number of hydrogen-bond acceptors (Lipinski definition) is 4. The molecule has 0 amide bonds. The number of nitrogens with two attached hydrogens (primary N) is 2. The van der Waals surface area contributed by atoms with Crippen LogP contribution in [0.15, 0.2) is 103 Å². The second-order valence-corrected chi connectivity index (χ2v) is 11.0. The van der Waals surface area contributed by atoms with E-state index in [1.807, 2.05) is 0 Å². The van der Waals surface area contributed by atoms with Crippen LogP contribution >= 0.6 is 0 Å². The van der Waals surface area contributed by atoms with Crippen molar-refractivity contribution in [2.75, 3.05) is 0 Å². The first-order valence-corrected chi connectivity index (χ1v) is 13.3. The zero-order chi connectivity index (χ0) is 26.2. The highest BCUT2D eigenvalue weighted by molar-refractivity contribution is 6.00. The molecule has 0 aromatic carbocycles. The van der Waals surface area contributed by atoms with Gasteiger partial charge in [0.1, 0.15) is 0 Å². The van der Waals surface area contributed by atoms with E-state index in [4.69, 9.17) is 21.5 Å². The molecular formula is C32H40N4. The zero-order valence-electron chi connectivity index (χ0n) is 23.0. The Labute approximate surface area is 216 Å². The molecule has 0 bridgehead atoms. The van der Waals surface area contributed by atoms with Gasteiger partial charge < -0.3 is 11.5 Å². The lowest BCUT2D eigenvalue weighted by Crippen LogP contribution is -2.83. The molecule has 0 aromatic heterocycles. The maximum Gasteiger partial charge on any atom is 0.0888 e. The van der Waals surface area contributed by atoms with Crippen molar-refractivity contribution in [2.45, 2.75) is 78.9 Å². The topological polar surface area (TPSA) is 76.8 Å². The summed E-state index contributed by atoms with van der Waals surface area (Å²) < 4.78 is 0. The van der Waals surface area contributed by atoms with Crippen LogP contribution in [0.2, 0.25) is 0 Å². The van der Waals surface area contributed by atoms with Gasteiger partial charge in [0.25, 0.3) is 0 Å². The first-order valence-electron chi connectivity index (χ1n) is 13.3. The van der Waals surface area contributed by atoms with Gasteiger partial charge in [0.05, 0.1) is 22.8 Å². The van der Waals surface area contributed by atoms with E-state index in [2.05, 4.69) is 97.9 Å². The van der Waals surface area contributed by atoms with E-state index >= 15 is 0 Å². The largest absolute Gasteiger partial charge is 0.319 e. The van der Waals surface area contributed by atoms with Gasteiger partial charge in [-0.15, -0.1) is 0 Å². The fourth-order valence-electron chi connectivity index (χ4n) is 7.13. The number of nitrogens with zero attached hydrogens (tertiary/aromatic N) is 2. The maximum absolute atomic E-state index is 7.71. The van der Waals surface area contributed by atoms with Crippen molar-refractivity contribution in [1.29, 1.82) is 0 Å². The third kappa shape index (κ3) is 2.95. The van der Waals surface area contributed by atoms with Gasteiger partial charge in [-0.2, -0.15) is 0 Å². The van der Waals surface area contributed by atoms with Crippen LogP contribution in [0.25, 0.3) is 0 Å². The van der Waals surface area contributed by atoms with E-state index in [1.165, 1.54) is 16.7 Å². The summed E-state index contributed by atoms with van der Waals surface area (Å²) in [5, 5.41) is 0. The Morgan fingerprint density at radius 2 is 1.53 bits per heavy atom. The molecule has 36 heavy (non-hydrogen) atoms. The summed E-state index contributed by atoms with van der Waals surface area (Å²) in [6.07, 6.45) is 16.5. The summed E-state index contributed by atoms with van der Waals surface area (Å²) in [5.41, 5.74) is 26.1. The molecule has 0 aromatic rings. The van der Waals surface area contributed by atoms with Crippen molar-refractivity contribution in [3.05, 3.63) is 92.8 Å². The molecule has 2 aliphatic heterocycles. The number of allylic oxidation sites excluding steroid dienone is 8. The van der Waals surface area contributed by atoms with E-state index in [1.54, 1.807) is 0 Å². The van der Waals surface area contributed by atoms with Crippen LogP contribution in [0.3, 0.4) is 0 Å². The van der Waals surface area contributed by atoms with Crippen molar-refractivity contribution >= 4 is 11.4 Å². The average Bonchev–Trinajstić information content (AvgIpc) is 2.99. The van der Waals surface area contributed by atoms with Crippen LogP contribution < -0.4 is 11.5 Å². The van der Waals surface area contributed by atoms with E-state index in [0.29, 0.717) is 5.92 Å². The normalized spacial score (nSPS) is 40.2. The summed E-state index contributed by atoms with van der Waals surface area (Å²) in [5.74, 6) is 0.304. The summed E-state index contributed by atoms with van der Waals surface area (Å²) in [7, 11) is 0. The summed E-state index contributed by atoms with van der Waals surface area (Å²) >= 11 is 0. The quantitative estimate of drug-likeness (QED) is 0.432. The molecule has 0 saturated heterocycles. The molecular weight excluding hydrogens is 440 g/mol. The molecule has 0 spiro atoms.